The zero-order valence-electron chi connectivity index (χ0n) is 5.72. The summed E-state index contributed by atoms with van der Waals surface area (Å²) in [4.78, 5) is 3.60. The molecule has 0 aromatic heterocycles. The van der Waals surface area contributed by atoms with Crippen molar-refractivity contribution in [3.8, 4) is 0 Å². The van der Waals surface area contributed by atoms with Gasteiger partial charge in [-0.25, -0.2) is 6.92 Å². The van der Waals surface area contributed by atoms with Crippen molar-refractivity contribution in [3.05, 3.63) is 18.2 Å². The van der Waals surface area contributed by atoms with Crippen LogP contribution in [0.15, 0.2) is 16.3 Å². The molecule has 2 nitrogen and oxygen atoms in total. The molecule has 0 spiro atoms. The van der Waals surface area contributed by atoms with E-state index in [4.69, 9.17) is 5.73 Å². The standard InChI is InChI=1S/C6H11N2.Y/c1-5(4-7)6(2)8-3;/h2-4,7H2,1H3;/q-1;/b6-5+;. The predicted octanol–water partition coefficient (Wildman–Crippen LogP) is 0.751. The van der Waals surface area contributed by atoms with Crippen molar-refractivity contribution in [1.29, 1.82) is 0 Å². The molecule has 0 saturated carbocycles. The van der Waals surface area contributed by atoms with E-state index < -0.39 is 0 Å². The molecule has 0 aliphatic carbocycles. The number of nitrogens with two attached hydrogens (primary N) is 1. The summed E-state index contributed by atoms with van der Waals surface area (Å²) in [5.74, 6) is 0. The van der Waals surface area contributed by atoms with E-state index in [2.05, 4.69) is 18.6 Å². The van der Waals surface area contributed by atoms with Gasteiger partial charge in [0.2, 0.25) is 0 Å². The molecule has 0 aliphatic heterocycles. The Bertz CT molecular complexity index is 118. The summed E-state index contributed by atoms with van der Waals surface area (Å²) in [7, 11) is 0. The second-order valence-corrected chi connectivity index (χ2v) is 1.59. The van der Waals surface area contributed by atoms with Crippen LogP contribution in [0.1, 0.15) is 6.92 Å². The Kier molecular flexibility index (Phi) is 8.66. The first kappa shape index (κ1) is 12.1. The average molecular weight is 200 g/mol. The van der Waals surface area contributed by atoms with Crippen molar-refractivity contribution in [1.82, 2.24) is 0 Å². The molecule has 9 heavy (non-hydrogen) atoms. The Morgan fingerprint density at radius 2 is 2.22 bits per heavy atom. The molecule has 0 heterocycles. The molecular weight excluding hydrogens is 189 g/mol. The third-order valence-electron chi connectivity index (χ3n) is 0.990. The quantitative estimate of drug-likeness (QED) is 0.518. The first-order valence-electron chi connectivity index (χ1n) is 2.41. The van der Waals surface area contributed by atoms with E-state index >= 15 is 0 Å². The van der Waals surface area contributed by atoms with Gasteiger partial charge in [-0.15, -0.1) is 12.6 Å². The fourth-order valence-electron chi connectivity index (χ4n) is 0.253. The molecule has 0 saturated heterocycles. The fourth-order valence-corrected chi connectivity index (χ4v) is 0.253. The van der Waals surface area contributed by atoms with Gasteiger partial charge in [0.15, 0.2) is 0 Å². The summed E-state index contributed by atoms with van der Waals surface area (Å²) in [5.41, 5.74) is 6.94. The number of rotatable bonds is 2. The minimum Gasteiger partial charge on any atom is -0.343 e. The van der Waals surface area contributed by atoms with Crippen LogP contribution in [-0.2, 0) is 32.7 Å². The summed E-state index contributed by atoms with van der Waals surface area (Å²) in [6.07, 6.45) is 0. The van der Waals surface area contributed by atoms with E-state index in [0.29, 0.717) is 12.2 Å². The second-order valence-electron chi connectivity index (χ2n) is 1.59. The van der Waals surface area contributed by atoms with Gasteiger partial charge in [-0.1, -0.05) is 6.54 Å². The third-order valence-corrected chi connectivity index (χ3v) is 0.990. The van der Waals surface area contributed by atoms with Gasteiger partial charge in [0.1, 0.15) is 0 Å². The zero-order valence-corrected chi connectivity index (χ0v) is 8.56. The van der Waals surface area contributed by atoms with Gasteiger partial charge >= 0.3 is 0 Å². The monoisotopic (exact) mass is 200 g/mol. The summed E-state index contributed by atoms with van der Waals surface area (Å²) in [6, 6.07) is 0. The van der Waals surface area contributed by atoms with Crippen LogP contribution in [0.2, 0.25) is 0 Å². The number of allylic oxidation sites excluding steroid dienone is 1. The minimum absolute atomic E-state index is 0. The molecule has 0 bridgehead atoms. The third kappa shape index (κ3) is 4.82. The fraction of sp³-hybridized carbons (Fsp3) is 0.333. The van der Waals surface area contributed by atoms with Crippen LogP contribution in [-0.4, -0.2) is 13.3 Å². The van der Waals surface area contributed by atoms with Gasteiger partial charge < -0.3 is 10.7 Å². The molecule has 49 valence electrons. The maximum absolute atomic E-state index is 5.26. The van der Waals surface area contributed by atoms with Crippen LogP contribution in [0.4, 0.5) is 0 Å². The van der Waals surface area contributed by atoms with Gasteiger partial charge in [0.05, 0.1) is 0 Å². The maximum Gasteiger partial charge on any atom is 0 e. The van der Waals surface area contributed by atoms with Crippen LogP contribution in [0.5, 0.6) is 0 Å². The number of aliphatic imine (C=N–C) groups is 1. The first-order chi connectivity index (χ1) is 3.72. The molecular formula is C6H11N2Y-. The molecule has 0 rings (SSSR count). The SMILES string of the molecule is C=N/C([CH2-])=C(\C)CN.[Y]. The van der Waals surface area contributed by atoms with Crippen molar-refractivity contribution in [3.63, 3.8) is 0 Å². The van der Waals surface area contributed by atoms with Crippen LogP contribution in [0, 0.1) is 6.92 Å². The van der Waals surface area contributed by atoms with E-state index in [9.17, 15) is 0 Å². The summed E-state index contributed by atoms with van der Waals surface area (Å²) in [5, 5.41) is 0. The summed E-state index contributed by atoms with van der Waals surface area (Å²) >= 11 is 0. The number of nitrogens with zero attached hydrogens (tertiary/aromatic N) is 1. The van der Waals surface area contributed by atoms with E-state index in [-0.39, 0.29) is 32.7 Å². The van der Waals surface area contributed by atoms with Crippen molar-refractivity contribution in [2.45, 2.75) is 6.92 Å². The number of hydrogen-bond acceptors (Lipinski definition) is 2. The van der Waals surface area contributed by atoms with Crippen LogP contribution in [0.25, 0.3) is 0 Å². The molecule has 0 fully saturated rings. The topological polar surface area (TPSA) is 38.4 Å². The first-order valence-corrected chi connectivity index (χ1v) is 2.41. The van der Waals surface area contributed by atoms with Gasteiger partial charge in [-0.05, 0) is 6.72 Å². The second kappa shape index (κ2) is 6.46. The molecule has 1 radical (unpaired) electrons. The van der Waals surface area contributed by atoms with Crippen molar-refractivity contribution >= 4 is 6.72 Å². The molecule has 0 aromatic rings. The van der Waals surface area contributed by atoms with E-state index in [1.54, 1.807) is 0 Å². The Hall–Kier alpha value is 0.344. The predicted molar refractivity (Wildman–Crippen MR) is 36.7 cm³/mol. The summed E-state index contributed by atoms with van der Waals surface area (Å²) < 4.78 is 0. The molecule has 0 aliphatic rings. The maximum atomic E-state index is 5.26. The van der Waals surface area contributed by atoms with Gasteiger partial charge in [-0.3, -0.25) is 0 Å². The van der Waals surface area contributed by atoms with Crippen LogP contribution in [0.3, 0.4) is 0 Å². The number of hydrogen-bond donors (Lipinski definition) is 1. The average Bonchev–Trinajstić information content (AvgIpc) is 1.84. The van der Waals surface area contributed by atoms with Gasteiger partial charge in [0.25, 0.3) is 0 Å². The molecule has 3 heteroatoms. The Balaban J connectivity index is 0. The van der Waals surface area contributed by atoms with Crippen molar-refractivity contribution in [2.24, 2.45) is 10.7 Å². The molecule has 0 unspecified atom stereocenters. The Morgan fingerprint density at radius 1 is 1.78 bits per heavy atom. The van der Waals surface area contributed by atoms with Gasteiger partial charge in [-0.2, -0.15) is 5.57 Å². The van der Waals surface area contributed by atoms with Gasteiger partial charge in [0, 0.05) is 32.7 Å². The molecule has 0 amide bonds. The van der Waals surface area contributed by atoms with E-state index in [1.165, 1.54) is 0 Å². The van der Waals surface area contributed by atoms with Crippen LogP contribution < -0.4 is 5.73 Å². The zero-order chi connectivity index (χ0) is 6.57. The minimum atomic E-state index is 0. The smallest absolute Gasteiger partial charge is 0 e. The van der Waals surface area contributed by atoms with Crippen LogP contribution >= 0.6 is 0 Å². The summed E-state index contributed by atoms with van der Waals surface area (Å²) in [6.45, 7) is 9.30. The van der Waals surface area contributed by atoms with Crippen molar-refractivity contribution < 1.29 is 32.7 Å². The molecule has 0 aromatic carbocycles. The Morgan fingerprint density at radius 3 is 2.33 bits per heavy atom. The Labute approximate surface area is 81.5 Å². The normalized spacial score (nSPS) is 11.3. The molecule has 2 N–H and O–H groups in total. The largest absolute Gasteiger partial charge is 0.343 e. The van der Waals surface area contributed by atoms with E-state index in [0.717, 1.165) is 5.57 Å². The van der Waals surface area contributed by atoms with E-state index in [1.807, 2.05) is 6.92 Å². The molecule has 0 atom stereocenters. The van der Waals surface area contributed by atoms with Crippen molar-refractivity contribution in [2.75, 3.05) is 6.54 Å².